The van der Waals surface area contributed by atoms with E-state index in [1.807, 2.05) is 91.0 Å². The van der Waals surface area contributed by atoms with Crippen LogP contribution in [0.15, 0.2) is 100 Å². The lowest BCUT2D eigenvalue weighted by Gasteiger charge is -2.18. The van der Waals surface area contributed by atoms with E-state index in [9.17, 15) is 9.59 Å². The summed E-state index contributed by atoms with van der Waals surface area (Å²) in [5.74, 6) is -0.251. The van der Waals surface area contributed by atoms with Gasteiger partial charge in [-0.3, -0.25) is 14.2 Å². The van der Waals surface area contributed by atoms with Crippen LogP contribution in [0.25, 0.3) is 28.1 Å². The number of ketones is 1. The lowest BCUT2D eigenvalue weighted by Crippen LogP contribution is -2.27. The van der Waals surface area contributed by atoms with Crippen LogP contribution in [0.4, 0.5) is 0 Å². The number of hydrogen-bond donors (Lipinski definition) is 0. The molecule has 0 saturated carbocycles. The number of carbonyl (C=O) groups is 1. The molecular weight excluding hydrogens is 426 g/mol. The Kier molecular flexibility index (Phi) is 5.28. The minimum absolute atomic E-state index is 0.193. The third kappa shape index (κ3) is 3.71. The van der Waals surface area contributed by atoms with E-state index in [0.29, 0.717) is 11.3 Å². The average molecular weight is 444 g/mol. The third-order valence-corrected chi connectivity index (χ3v) is 5.33. The smallest absolute Gasteiger partial charge is 0.267 e. The summed E-state index contributed by atoms with van der Waals surface area (Å²) in [5, 5.41) is 0. The van der Waals surface area contributed by atoms with Gasteiger partial charge in [-0.05, 0) is 48.4 Å². The minimum atomic E-state index is -0.319. The summed E-state index contributed by atoms with van der Waals surface area (Å²) in [5.41, 5.74) is 3.71. The summed E-state index contributed by atoms with van der Waals surface area (Å²) in [6, 6.07) is 28.7. The number of rotatable bonds is 4. The van der Waals surface area contributed by atoms with Crippen molar-refractivity contribution in [1.82, 2.24) is 4.57 Å². The minimum Gasteiger partial charge on any atom is -0.294 e. The fraction of sp³-hybridized carbons (Fsp3) is 0.0400. The first-order valence-electron chi connectivity index (χ1n) is 9.24. The number of Topliss-reactive ketones (excluding diaryl/α,β-unsaturated/α-hetero) is 1. The predicted octanol–water partition coefficient (Wildman–Crippen LogP) is 6.14. The predicted molar refractivity (Wildman–Crippen MR) is 121 cm³/mol. The Labute approximate surface area is 177 Å². The maximum Gasteiger partial charge on any atom is 0.267 e. The topological polar surface area (TPSA) is 39.1 Å². The van der Waals surface area contributed by atoms with Crippen LogP contribution >= 0.6 is 15.9 Å². The summed E-state index contributed by atoms with van der Waals surface area (Å²) >= 11 is 3.44. The first-order valence-corrected chi connectivity index (χ1v) is 10.0. The highest BCUT2D eigenvalue weighted by Crippen LogP contribution is 2.30. The molecule has 1 heterocycles. The van der Waals surface area contributed by atoms with E-state index in [0.717, 1.165) is 21.3 Å². The van der Waals surface area contributed by atoms with Gasteiger partial charge in [-0.15, -0.1) is 0 Å². The zero-order chi connectivity index (χ0) is 20.4. The molecule has 0 radical (unpaired) electrons. The van der Waals surface area contributed by atoms with Crippen LogP contribution < -0.4 is 5.56 Å². The molecule has 4 rings (SSSR count). The lowest BCUT2D eigenvalue weighted by atomic mass is 9.96. The van der Waals surface area contributed by atoms with Crippen LogP contribution in [-0.2, 0) is 0 Å². The number of hydrogen-bond acceptors (Lipinski definition) is 2. The van der Waals surface area contributed by atoms with Crippen molar-refractivity contribution in [1.29, 1.82) is 0 Å². The highest BCUT2D eigenvalue weighted by atomic mass is 79.9. The van der Waals surface area contributed by atoms with Crippen LogP contribution in [-0.4, -0.2) is 10.4 Å². The van der Waals surface area contributed by atoms with Crippen molar-refractivity contribution < 1.29 is 4.79 Å². The van der Waals surface area contributed by atoms with Crippen LogP contribution in [0.1, 0.15) is 17.3 Å². The number of nitrogens with zero attached hydrogens (tertiary/aromatic N) is 1. The summed E-state index contributed by atoms with van der Waals surface area (Å²) in [6.45, 7) is 1.44. The first kappa shape index (κ1) is 19.1. The standard InChI is InChI=1S/C25H18BrNO2/c1-17(28)24-22(18-8-4-2-5-9-18)16-23(19-10-6-3-7-11-19)27(25(24)29)21-14-12-20(26)13-15-21/h2-16H,1H3. The van der Waals surface area contributed by atoms with Crippen molar-refractivity contribution in [2.75, 3.05) is 0 Å². The van der Waals surface area contributed by atoms with E-state index in [4.69, 9.17) is 0 Å². The van der Waals surface area contributed by atoms with Gasteiger partial charge in [0.15, 0.2) is 5.78 Å². The van der Waals surface area contributed by atoms with Crippen molar-refractivity contribution in [2.24, 2.45) is 0 Å². The molecule has 0 atom stereocenters. The van der Waals surface area contributed by atoms with E-state index in [2.05, 4.69) is 15.9 Å². The van der Waals surface area contributed by atoms with Gasteiger partial charge in [-0.2, -0.15) is 0 Å². The largest absolute Gasteiger partial charge is 0.294 e. The second-order valence-electron chi connectivity index (χ2n) is 6.72. The molecule has 4 aromatic rings. The van der Waals surface area contributed by atoms with Gasteiger partial charge >= 0.3 is 0 Å². The van der Waals surface area contributed by atoms with Gasteiger partial charge in [0.05, 0.1) is 11.3 Å². The lowest BCUT2D eigenvalue weighted by molar-refractivity contribution is 0.101. The van der Waals surface area contributed by atoms with E-state index >= 15 is 0 Å². The van der Waals surface area contributed by atoms with Gasteiger partial charge in [0, 0.05) is 15.7 Å². The molecule has 0 amide bonds. The molecule has 0 aliphatic rings. The highest BCUT2D eigenvalue weighted by molar-refractivity contribution is 9.10. The van der Waals surface area contributed by atoms with Crippen molar-refractivity contribution in [3.05, 3.63) is 111 Å². The van der Waals surface area contributed by atoms with E-state index in [-0.39, 0.29) is 16.9 Å². The SMILES string of the molecule is CC(=O)c1c(-c2ccccc2)cc(-c2ccccc2)n(-c2ccc(Br)cc2)c1=O. The summed E-state index contributed by atoms with van der Waals surface area (Å²) < 4.78 is 2.54. The van der Waals surface area contributed by atoms with E-state index in [1.54, 1.807) is 4.57 Å². The second kappa shape index (κ2) is 8.02. The highest BCUT2D eigenvalue weighted by Gasteiger charge is 2.21. The number of benzene rings is 3. The van der Waals surface area contributed by atoms with Gasteiger partial charge < -0.3 is 0 Å². The van der Waals surface area contributed by atoms with Crippen LogP contribution in [0.3, 0.4) is 0 Å². The first-order chi connectivity index (χ1) is 14.1. The molecule has 0 aliphatic heterocycles. The molecule has 0 spiro atoms. The number of aromatic nitrogens is 1. The second-order valence-corrected chi connectivity index (χ2v) is 7.64. The Morgan fingerprint density at radius 3 is 1.90 bits per heavy atom. The normalized spacial score (nSPS) is 10.7. The van der Waals surface area contributed by atoms with Crippen molar-refractivity contribution in [2.45, 2.75) is 6.92 Å². The molecule has 4 heteroatoms. The average Bonchev–Trinajstić information content (AvgIpc) is 2.75. The molecule has 3 aromatic carbocycles. The van der Waals surface area contributed by atoms with Crippen molar-refractivity contribution in [3.63, 3.8) is 0 Å². The Morgan fingerprint density at radius 1 is 0.793 bits per heavy atom. The molecule has 0 aliphatic carbocycles. The zero-order valence-corrected chi connectivity index (χ0v) is 17.4. The maximum atomic E-state index is 13.6. The Morgan fingerprint density at radius 2 is 1.34 bits per heavy atom. The summed E-state index contributed by atoms with van der Waals surface area (Å²) in [7, 11) is 0. The molecule has 0 bridgehead atoms. The van der Waals surface area contributed by atoms with Crippen LogP contribution in [0, 0.1) is 0 Å². The van der Waals surface area contributed by atoms with Crippen molar-refractivity contribution >= 4 is 21.7 Å². The van der Waals surface area contributed by atoms with Gasteiger partial charge in [0.1, 0.15) is 0 Å². The van der Waals surface area contributed by atoms with E-state index < -0.39 is 0 Å². The third-order valence-electron chi connectivity index (χ3n) is 4.80. The summed E-state index contributed by atoms with van der Waals surface area (Å²) in [6.07, 6.45) is 0. The molecular formula is C25H18BrNO2. The molecule has 1 aromatic heterocycles. The Bertz CT molecular complexity index is 1230. The number of halogens is 1. The molecule has 3 nitrogen and oxygen atoms in total. The van der Waals surface area contributed by atoms with Gasteiger partial charge in [-0.25, -0.2) is 0 Å². The van der Waals surface area contributed by atoms with E-state index in [1.165, 1.54) is 6.92 Å². The zero-order valence-electron chi connectivity index (χ0n) is 15.8. The van der Waals surface area contributed by atoms with Gasteiger partial charge in [0.2, 0.25) is 0 Å². The molecule has 0 N–H and O–H groups in total. The monoisotopic (exact) mass is 443 g/mol. The van der Waals surface area contributed by atoms with Crippen molar-refractivity contribution in [3.8, 4) is 28.1 Å². The quantitative estimate of drug-likeness (QED) is 0.355. The van der Waals surface area contributed by atoms with Gasteiger partial charge in [0.25, 0.3) is 5.56 Å². The molecule has 29 heavy (non-hydrogen) atoms. The van der Waals surface area contributed by atoms with Gasteiger partial charge in [-0.1, -0.05) is 76.6 Å². The molecule has 0 fully saturated rings. The fourth-order valence-corrected chi connectivity index (χ4v) is 3.73. The number of carbonyl (C=O) groups excluding carboxylic acids is 1. The maximum absolute atomic E-state index is 13.6. The van der Waals surface area contributed by atoms with Crippen LogP contribution in [0.2, 0.25) is 0 Å². The number of pyridine rings is 1. The Hall–Kier alpha value is -3.24. The Balaban J connectivity index is 2.12. The fourth-order valence-electron chi connectivity index (χ4n) is 3.46. The molecule has 0 unspecified atom stereocenters. The summed E-state index contributed by atoms with van der Waals surface area (Å²) in [4.78, 5) is 26.1. The molecule has 0 saturated heterocycles. The molecule has 142 valence electrons. The van der Waals surface area contributed by atoms with Crippen LogP contribution in [0.5, 0.6) is 0 Å².